The van der Waals surface area contributed by atoms with Crippen LogP contribution in [-0.4, -0.2) is 9.78 Å². The van der Waals surface area contributed by atoms with Crippen molar-refractivity contribution in [2.45, 2.75) is 20.0 Å². The smallest absolute Gasteiger partial charge is 0.159 e. The van der Waals surface area contributed by atoms with Gasteiger partial charge >= 0.3 is 0 Å². The Bertz CT molecular complexity index is 508. The van der Waals surface area contributed by atoms with Crippen LogP contribution >= 0.6 is 0 Å². The van der Waals surface area contributed by atoms with Gasteiger partial charge in [0.1, 0.15) is 5.82 Å². The van der Waals surface area contributed by atoms with Gasteiger partial charge in [-0.15, -0.1) is 0 Å². The minimum Gasteiger partial charge on any atom is -0.365 e. The summed E-state index contributed by atoms with van der Waals surface area (Å²) in [5.41, 5.74) is 0.676. The van der Waals surface area contributed by atoms with Crippen molar-refractivity contribution in [3.8, 4) is 0 Å². The minimum atomic E-state index is -0.830. The summed E-state index contributed by atoms with van der Waals surface area (Å²) in [5, 5.41) is 7.26. The van der Waals surface area contributed by atoms with E-state index in [1.54, 1.807) is 10.7 Å². The van der Waals surface area contributed by atoms with Gasteiger partial charge in [0.15, 0.2) is 11.6 Å². The summed E-state index contributed by atoms with van der Waals surface area (Å²) in [6.07, 6.45) is 1.85. The van der Waals surface area contributed by atoms with Crippen LogP contribution in [0.25, 0.3) is 0 Å². The zero-order valence-electron chi connectivity index (χ0n) is 9.45. The first kappa shape index (κ1) is 11.6. The second-order valence-electron chi connectivity index (χ2n) is 3.66. The summed E-state index contributed by atoms with van der Waals surface area (Å²) in [6, 6.07) is 5.68. The molecule has 1 heterocycles. The van der Waals surface area contributed by atoms with E-state index in [9.17, 15) is 8.78 Å². The number of hydrogen-bond acceptors (Lipinski definition) is 2. The van der Waals surface area contributed by atoms with Crippen LogP contribution in [0.4, 0.5) is 14.6 Å². The van der Waals surface area contributed by atoms with Crippen molar-refractivity contribution in [3.05, 3.63) is 47.7 Å². The Balaban J connectivity index is 1.99. The summed E-state index contributed by atoms with van der Waals surface area (Å²) in [5.74, 6) is -0.941. The molecule has 17 heavy (non-hydrogen) atoms. The van der Waals surface area contributed by atoms with Crippen LogP contribution in [-0.2, 0) is 13.1 Å². The number of benzene rings is 1. The third-order valence-corrected chi connectivity index (χ3v) is 2.42. The molecule has 0 atom stereocenters. The van der Waals surface area contributed by atoms with Crippen molar-refractivity contribution in [1.82, 2.24) is 9.78 Å². The first-order valence-corrected chi connectivity index (χ1v) is 5.40. The molecule has 1 aromatic carbocycles. The lowest BCUT2D eigenvalue weighted by atomic mass is 10.2. The van der Waals surface area contributed by atoms with Crippen LogP contribution in [0.3, 0.4) is 0 Å². The Hall–Kier alpha value is -1.91. The summed E-state index contributed by atoms with van der Waals surface area (Å²) >= 11 is 0. The van der Waals surface area contributed by atoms with Gasteiger partial charge < -0.3 is 5.32 Å². The highest BCUT2D eigenvalue weighted by Crippen LogP contribution is 2.10. The predicted molar refractivity (Wildman–Crippen MR) is 61.6 cm³/mol. The fourth-order valence-corrected chi connectivity index (χ4v) is 1.47. The van der Waals surface area contributed by atoms with E-state index in [1.165, 1.54) is 6.07 Å². The standard InChI is InChI=1S/C12H13F2N3/c1-2-17-6-5-12(16-17)15-8-9-3-4-10(13)11(14)7-9/h3-7H,2,8H2,1H3,(H,15,16). The molecule has 0 amide bonds. The maximum Gasteiger partial charge on any atom is 0.159 e. The van der Waals surface area contributed by atoms with E-state index in [4.69, 9.17) is 0 Å². The van der Waals surface area contributed by atoms with Gasteiger partial charge in [0, 0.05) is 25.4 Å². The lowest BCUT2D eigenvalue weighted by molar-refractivity contribution is 0.507. The minimum absolute atomic E-state index is 0.415. The molecule has 0 fully saturated rings. The van der Waals surface area contributed by atoms with E-state index in [-0.39, 0.29) is 0 Å². The monoisotopic (exact) mass is 237 g/mol. The van der Waals surface area contributed by atoms with Crippen molar-refractivity contribution in [1.29, 1.82) is 0 Å². The second kappa shape index (κ2) is 4.95. The highest BCUT2D eigenvalue weighted by atomic mass is 19.2. The van der Waals surface area contributed by atoms with Gasteiger partial charge in [0.2, 0.25) is 0 Å². The van der Waals surface area contributed by atoms with E-state index < -0.39 is 11.6 Å². The van der Waals surface area contributed by atoms with Crippen molar-refractivity contribution in [2.24, 2.45) is 0 Å². The van der Waals surface area contributed by atoms with Crippen molar-refractivity contribution in [3.63, 3.8) is 0 Å². The zero-order chi connectivity index (χ0) is 12.3. The molecule has 0 aliphatic heterocycles. The van der Waals surface area contributed by atoms with Crippen LogP contribution in [0.5, 0.6) is 0 Å². The molecule has 0 bridgehead atoms. The molecule has 2 aromatic rings. The van der Waals surface area contributed by atoms with Crippen molar-refractivity contribution < 1.29 is 8.78 Å². The Labute approximate surface area is 98.1 Å². The highest BCUT2D eigenvalue weighted by molar-refractivity contribution is 5.34. The van der Waals surface area contributed by atoms with Gasteiger partial charge in [0.05, 0.1) is 0 Å². The average Bonchev–Trinajstić information content (AvgIpc) is 2.79. The maximum atomic E-state index is 12.9. The maximum absolute atomic E-state index is 12.9. The van der Waals surface area contributed by atoms with Gasteiger partial charge in [-0.1, -0.05) is 6.07 Å². The summed E-state index contributed by atoms with van der Waals surface area (Å²) in [7, 11) is 0. The molecule has 2 rings (SSSR count). The fourth-order valence-electron chi connectivity index (χ4n) is 1.47. The first-order chi connectivity index (χ1) is 8.19. The Kier molecular flexibility index (Phi) is 3.37. The largest absolute Gasteiger partial charge is 0.365 e. The van der Waals surface area contributed by atoms with Crippen LogP contribution < -0.4 is 5.32 Å². The number of aromatic nitrogens is 2. The summed E-state index contributed by atoms with van der Waals surface area (Å²) < 4.78 is 27.4. The number of aryl methyl sites for hydroxylation is 1. The second-order valence-corrected chi connectivity index (χ2v) is 3.66. The zero-order valence-corrected chi connectivity index (χ0v) is 9.45. The Morgan fingerprint density at radius 3 is 2.71 bits per heavy atom. The van der Waals surface area contributed by atoms with E-state index in [0.717, 1.165) is 18.4 Å². The molecular weight excluding hydrogens is 224 g/mol. The first-order valence-electron chi connectivity index (χ1n) is 5.40. The fraction of sp³-hybridized carbons (Fsp3) is 0.250. The summed E-state index contributed by atoms with van der Waals surface area (Å²) in [4.78, 5) is 0. The number of rotatable bonds is 4. The van der Waals surface area contributed by atoms with Gasteiger partial charge in [-0.05, 0) is 24.6 Å². The molecular formula is C12H13F2N3. The van der Waals surface area contributed by atoms with Crippen LogP contribution in [0.1, 0.15) is 12.5 Å². The lowest BCUT2D eigenvalue weighted by Gasteiger charge is -2.03. The number of nitrogens with one attached hydrogen (secondary N) is 1. The van der Waals surface area contributed by atoms with Crippen LogP contribution in [0.15, 0.2) is 30.5 Å². The molecule has 90 valence electrons. The average molecular weight is 237 g/mol. The molecule has 5 heteroatoms. The SMILES string of the molecule is CCn1ccc(NCc2ccc(F)c(F)c2)n1. The van der Waals surface area contributed by atoms with Gasteiger partial charge in [-0.2, -0.15) is 5.10 Å². The number of halogens is 2. The molecule has 3 nitrogen and oxygen atoms in total. The molecule has 0 aliphatic rings. The molecule has 0 radical (unpaired) electrons. The van der Waals surface area contributed by atoms with Crippen molar-refractivity contribution >= 4 is 5.82 Å². The number of nitrogens with zero attached hydrogens (tertiary/aromatic N) is 2. The van der Waals surface area contributed by atoms with Crippen molar-refractivity contribution in [2.75, 3.05) is 5.32 Å². The molecule has 1 N–H and O–H groups in total. The van der Waals surface area contributed by atoms with E-state index >= 15 is 0 Å². The van der Waals surface area contributed by atoms with Crippen LogP contribution in [0.2, 0.25) is 0 Å². The molecule has 0 spiro atoms. The Morgan fingerprint density at radius 2 is 2.06 bits per heavy atom. The molecule has 0 saturated carbocycles. The quantitative estimate of drug-likeness (QED) is 0.886. The number of anilines is 1. The van der Waals surface area contributed by atoms with E-state index in [1.807, 2.05) is 19.2 Å². The summed E-state index contributed by atoms with van der Waals surface area (Å²) in [6.45, 7) is 3.21. The number of hydrogen-bond donors (Lipinski definition) is 1. The van der Waals surface area contributed by atoms with Crippen LogP contribution in [0, 0.1) is 11.6 Å². The van der Waals surface area contributed by atoms with Gasteiger partial charge in [-0.25, -0.2) is 8.78 Å². The third kappa shape index (κ3) is 2.81. The normalized spacial score (nSPS) is 10.5. The predicted octanol–water partition coefficient (Wildman–Crippen LogP) is 2.79. The molecule has 0 aliphatic carbocycles. The van der Waals surface area contributed by atoms with Gasteiger partial charge in [0.25, 0.3) is 0 Å². The highest BCUT2D eigenvalue weighted by Gasteiger charge is 2.03. The van der Waals surface area contributed by atoms with E-state index in [2.05, 4.69) is 10.4 Å². The molecule has 0 saturated heterocycles. The lowest BCUT2D eigenvalue weighted by Crippen LogP contribution is -2.02. The Morgan fingerprint density at radius 1 is 1.24 bits per heavy atom. The third-order valence-electron chi connectivity index (χ3n) is 2.42. The molecule has 0 unspecified atom stereocenters. The van der Waals surface area contributed by atoms with E-state index in [0.29, 0.717) is 12.1 Å². The van der Waals surface area contributed by atoms with Gasteiger partial charge in [-0.3, -0.25) is 4.68 Å². The molecule has 1 aromatic heterocycles. The topological polar surface area (TPSA) is 29.9 Å².